The van der Waals surface area contributed by atoms with Gasteiger partial charge in [0, 0.05) is 15.4 Å². The van der Waals surface area contributed by atoms with Gasteiger partial charge in [0.05, 0.1) is 0 Å². The van der Waals surface area contributed by atoms with Crippen LogP contribution < -0.4 is 5.32 Å². The predicted octanol–water partition coefficient (Wildman–Crippen LogP) is 5.20. The van der Waals surface area contributed by atoms with E-state index in [-0.39, 0.29) is 11.9 Å². The smallest absolute Gasteiger partial charge is 0.124 e. The molecule has 1 unspecified atom stereocenters. The Bertz CT molecular complexity index is 566. The predicted molar refractivity (Wildman–Crippen MR) is 92.4 cm³/mol. The number of hydrogen-bond donors (Lipinski definition) is 1. The highest BCUT2D eigenvalue weighted by Crippen LogP contribution is 2.24. The summed E-state index contributed by atoms with van der Waals surface area (Å²) in [5.74, 6) is -0.202. The molecule has 1 atom stereocenters. The average Bonchev–Trinajstić information content (AvgIpc) is 2.46. The minimum Gasteiger partial charge on any atom is -0.310 e. The molecule has 2 aromatic carbocycles. The molecule has 0 aliphatic carbocycles. The lowest BCUT2D eigenvalue weighted by Crippen LogP contribution is -2.23. The molecule has 0 bridgehead atoms. The van der Waals surface area contributed by atoms with E-state index >= 15 is 0 Å². The van der Waals surface area contributed by atoms with Crippen molar-refractivity contribution in [1.82, 2.24) is 5.32 Å². The van der Waals surface area contributed by atoms with Crippen molar-refractivity contribution in [1.29, 1.82) is 0 Å². The van der Waals surface area contributed by atoms with Crippen molar-refractivity contribution >= 4 is 27.7 Å². The second-order valence-corrected chi connectivity index (χ2v) is 6.66. The van der Waals surface area contributed by atoms with Gasteiger partial charge in [-0.2, -0.15) is 0 Å². The van der Waals surface area contributed by atoms with Crippen LogP contribution >= 0.6 is 27.7 Å². The number of rotatable bonds is 6. The van der Waals surface area contributed by atoms with Crippen molar-refractivity contribution in [2.24, 2.45) is 0 Å². The summed E-state index contributed by atoms with van der Waals surface area (Å²) in [5, 5.41) is 3.48. The van der Waals surface area contributed by atoms with Crippen LogP contribution in [-0.4, -0.2) is 12.8 Å². The zero-order chi connectivity index (χ0) is 15.2. The standard InChI is InChI=1S/C17H19BrFNS/c1-3-20-17(13-4-6-16(21-2)7-5-13)10-12-8-14(18)11-15(19)9-12/h4-9,11,17,20H,3,10H2,1-2H3. The van der Waals surface area contributed by atoms with Gasteiger partial charge in [0.2, 0.25) is 0 Å². The third kappa shape index (κ3) is 4.83. The van der Waals surface area contributed by atoms with E-state index in [1.807, 2.05) is 6.07 Å². The monoisotopic (exact) mass is 367 g/mol. The van der Waals surface area contributed by atoms with E-state index in [9.17, 15) is 4.39 Å². The van der Waals surface area contributed by atoms with Crippen molar-refractivity contribution in [3.05, 3.63) is 63.9 Å². The maximum atomic E-state index is 13.5. The van der Waals surface area contributed by atoms with Crippen LogP contribution in [-0.2, 0) is 6.42 Å². The third-order valence-corrected chi connectivity index (χ3v) is 4.53. The molecule has 112 valence electrons. The van der Waals surface area contributed by atoms with Gasteiger partial charge in [0.15, 0.2) is 0 Å². The van der Waals surface area contributed by atoms with Crippen LogP contribution in [0, 0.1) is 5.82 Å². The Labute approximate surface area is 138 Å². The van der Waals surface area contributed by atoms with Crippen LogP contribution in [0.2, 0.25) is 0 Å². The van der Waals surface area contributed by atoms with E-state index in [4.69, 9.17) is 0 Å². The number of benzene rings is 2. The molecule has 0 aliphatic rings. The first-order valence-corrected chi connectivity index (χ1v) is 8.96. The number of thioether (sulfide) groups is 1. The Hall–Kier alpha value is -0.840. The van der Waals surface area contributed by atoms with Crippen LogP contribution in [0.3, 0.4) is 0 Å². The zero-order valence-corrected chi connectivity index (χ0v) is 14.6. The Morgan fingerprint density at radius 1 is 1.19 bits per heavy atom. The van der Waals surface area contributed by atoms with Gasteiger partial charge in [-0.05, 0) is 60.7 Å². The molecule has 0 fully saturated rings. The Morgan fingerprint density at radius 3 is 2.48 bits per heavy atom. The number of hydrogen-bond acceptors (Lipinski definition) is 2. The van der Waals surface area contributed by atoms with Gasteiger partial charge in [-0.1, -0.05) is 35.0 Å². The summed E-state index contributed by atoms with van der Waals surface area (Å²) in [6.07, 6.45) is 2.84. The molecule has 1 N–H and O–H groups in total. The summed E-state index contributed by atoms with van der Waals surface area (Å²) in [5.41, 5.74) is 2.22. The van der Waals surface area contributed by atoms with Crippen molar-refractivity contribution < 1.29 is 4.39 Å². The second kappa shape index (κ2) is 7.97. The molecule has 21 heavy (non-hydrogen) atoms. The fourth-order valence-electron chi connectivity index (χ4n) is 2.35. The molecule has 0 aliphatic heterocycles. The fourth-order valence-corrected chi connectivity index (χ4v) is 3.28. The van der Waals surface area contributed by atoms with E-state index in [1.165, 1.54) is 16.5 Å². The molecule has 2 rings (SSSR count). The molecule has 0 heterocycles. The molecule has 0 spiro atoms. The topological polar surface area (TPSA) is 12.0 Å². The first kappa shape index (κ1) is 16.5. The first-order valence-electron chi connectivity index (χ1n) is 6.94. The van der Waals surface area contributed by atoms with Crippen molar-refractivity contribution in [2.75, 3.05) is 12.8 Å². The minimum absolute atomic E-state index is 0.194. The maximum Gasteiger partial charge on any atom is 0.124 e. The summed E-state index contributed by atoms with van der Waals surface area (Å²) in [6, 6.07) is 13.8. The highest BCUT2D eigenvalue weighted by Gasteiger charge is 2.12. The van der Waals surface area contributed by atoms with Gasteiger partial charge in [-0.25, -0.2) is 4.39 Å². The largest absolute Gasteiger partial charge is 0.310 e. The molecule has 4 heteroatoms. The minimum atomic E-state index is -0.202. The lowest BCUT2D eigenvalue weighted by atomic mass is 9.99. The third-order valence-electron chi connectivity index (χ3n) is 3.33. The maximum absolute atomic E-state index is 13.5. The lowest BCUT2D eigenvalue weighted by Gasteiger charge is -2.19. The SMILES string of the molecule is CCNC(Cc1cc(F)cc(Br)c1)c1ccc(SC)cc1. The van der Waals surface area contributed by atoms with Crippen molar-refractivity contribution in [3.63, 3.8) is 0 Å². The van der Waals surface area contributed by atoms with E-state index in [2.05, 4.69) is 58.7 Å². The Balaban J connectivity index is 2.21. The molecule has 1 nitrogen and oxygen atoms in total. The summed E-state index contributed by atoms with van der Waals surface area (Å²) < 4.78 is 14.3. The first-order chi connectivity index (χ1) is 10.1. The normalized spacial score (nSPS) is 12.4. The zero-order valence-electron chi connectivity index (χ0n) is 12.2. The molecule has 0 saturated carbocycles. The van der Waals surface area contributed by atoms with Gasteiger partial charge in [0.25, 0.3) is 0 Å². The van der Waals surface area contributed by atoms with Gasteiger partial charge in [0.1, 0.15) is 5.82 Å². The molecule has 0 aromatic heterocycles. The molecule has 0 saturated heterocycles. The lowest BCUT2D eigenvalue weighted by molar-refractivity contribution is 0.546. The highest BCUT2D eigenvalue weighted by atomic mass is 79.9. The van der Waals surface area contributed by atoms with Crippen LogP contribution in [0.15, 0.2) is 51.8 Å². The molecular weight excluding hydrogens is 349 g/mol. The van der Waals surface area contributed by atoms with E-state index in [1.54, 1.807) is 17.8 Å². The van der Waals surface area contributed by atoms with Crippen molar-refractivity contribution in [2.45, 2.75) is 24.3 Å². The van der Waals surface area contributed by atoms with Gasteiger partial charge in [-0.15, -0.1) is 11.8 Å². The summed E-state index contributed by atoms with van der Waals surface area (Å²) in [6.45, 7) is 2.97. The summed E-state index contributed by atoms with van der Waals surface area (Å²) in [4.78, 5) is 1.25. The molecular formula is C17H19BrFNS. The number of nitrogens with one attached hydrogen (secondary N) is 1. The summed E-state index contributed by atoms with van der Waals surface area (Å²) in [7, 11) is 0. The average molecular weight is 368 g/mol. The van der Waals surface area contributed by atoms with Crippen LogP contribution in [0.4, 0.5) is 4.39 Å². The van der Waals surface area contributed by atoms with Crippen LogP contribution in [0.25, 0.3) is 0 Å². The highest BCUT2D eigenvalue weighted by molar-refractivity contribution is 9.10. The van der Waals surface area contributed by atoms with Gasteiger partial charge in [-0.3, -0.25) is 0 Å². The second-order valence-electron chi connectivity index (χ2n) is 4.87. The van der Waals surface area contributed by atoms with Crippen LogP contribution in [0.5, 0.6) is 0 Å². The van der Waals surface area contributed by atoms with E-state index in [0.29, 0.717) is 0 Å². The molecule has 0 amide bonds. The molecule has 2 aromatic rings. The van der Waals surface area contributed by atoms with E-state index in [0.717, 1.165) is 23.0 Å². The molecule has 0 radical (unpaired) electrons. The van der Waals surface area contributed by atoms with Gasteiger partial charge < -0.3 is 5.32 Å². The summed E-state index contributed by atoms with van der Waals surface area (Å²) >= 11 is 5.09. The Morgan fingerprint density at radius 2 is 1.90 bits per heavy atom. The van der Waals surface area contributed by atoms with Crippen LogP contribution in [0.1, 0.15) is 24.1 Å². The van der Waals surface area contributed by atoms with E-state index < -0.39 is 0 Å². The van der Waals surface area contributed by atoms with Gasteiger partial charge >= 0.3 is 0 Å². The fraction of sp³-hybridized carbons (Fsp3) is 0.294. The van der Waals surface area contributed by atoms with Crippen molar-refractivity contribution in [3.8, 4) is 0 Å². The number of likely N-dealkylation sites (N-methyl/N-ethyl adjacent to an activating group) is 1. The number of halogens is 2. The Kier molecular flexibility index (Phi) is 6.27. The quantitative estimate of drug-likeness (QED) is 0.703.